The van der Waals surface area contributed by atoms with E-state index in [1.807, 2.05) is 54.6 Å². The summed E-state index contributed by atoms with van der Waals surface area (Å²) in [5, 5.41) is 2.98. The molecule has 4 nitrogen and oxygen atoms in total. The lowest BCUT2D eigenvalue weighted by Crippen LogP contribution is -2.32. The molecule has 1 aliphatic rings. The second-order valence-corrected chi connectivity index (χ2v) is 6.88. The number of nitrogens with zero attached hydrogens (tertiary/aromatic N) is 1. The van der Waals surface area contributed by atoms with Gasteiger partial charge in [0.15, 0.2) is 0 Å². The molecule has 4 heteroatoms. The third kappa shape index (κ3) is 4.02. The summed E-state index contributed by atoms with van der Waals surface area (Å²) < 4.78 is 0. The minimum Gasteiger partial charge on any atom is -0.352 e. The predicted octanol–water partition coefficient (Wildman–Crippen LogP) is 4.03. The van der Waals surface area contributed by atoms with E-state index in [9.17, 15) is 9.59 Å². The summed E-state index contributed by atoms with van der Waals surface area (Å²) >= 11 is 0. The topological polar surface area (TPSA) is 49.4 Å². The monoisotopic (exact) mass is 348 g/mol. The highest BCUT2D eigenvalue weighted by Gasteiger charge is 2.17. The van der Waals surface area contributed by atoms with E-state index in [2.05, 4.69) is 19.2 Å². The average molecular weight is 348 g/mol. The fourth-order valence-corrected chi connectivity index (χ4v) is 2.99. The summed E-state index contributed by atoms with van der Waals surface area (Å²) in [6.45, 7) is 5.49. The molecule has 2 aromatic carbocycles. The first-order chi connectivity index (χ1) is 12.6. The van der Waals surface area contributed by atoms with E-state index in [1.165, 1.54) is 0 Å². The minimum absolute atomic E-state index is 0.0115. The number of hydrogen-bond acceptors (Lipinski definition) is 2. The smallest absolute Gasteiger partial charge is 0.251 e. The maximum absolute atomic E-state index is 12.5. The lowest BCUT2D eigenvalue weighted by Gasteiger charge is -2.23. The summed E-state index contributed by atoms with van der Waals surface area (Å²) in [4.78, 5) is 26.3. The Labute approximate surface area is 154 Å². The first kappa shape index (κ1) is 17.9. The molecule has 0 radical (unpaired) electrons. The zero-order valence-electron chi connectivity index (χ0n) is 15.2. The summed E-state index contributed by atoms with van der Waals surface area (Å²) in [5.74, 6) is 0.355. The van der Waals surface area contributed by atoms with Crippen molar-refractivity contribution in [1.29, 1.82) is 0 Å². The lowest BCUT2D eigenvalue weighted by atomic mass is 9.98. The van der Waals surface area contributed by atoms with Crippen LogP contribution in [-0.2, 0) is 4.79 Å². The molecule has 26 heavy (non-hydrogen) atoms. The number of rotatable bonds is 5. The number of anilines is 1. The Morgan fingerprint density at radius 2 is 1.85 bits per heavy atom. The van der Waals surface area contributed by atoms with Gasteiger partial charge in [0, 0.05) is 24.3 Å². The van der Waals surface area contributed by atoms with Gasteiger partial charge < -0.3 is 10.2 Å². The number of amides is 2. The van der Waals surface area contributed by atoms with Crippen LogP contribution in [0.3, 0.4) is 0 Å². The van der Waals surface area contributed by atoms with E-state index in [0.717, 1.165) is 23.2 Å². The van der Waals surface area contributed by atoms with Crippen LogP contribution in [-0.4, -0.2) is 24.9 Å². The molecule has 0 aromatic heterocycles. The molecule has 3 rings (SSSR count). The molecule has 1 N–H and O–H groups in total. The van der Waals surface area contributed by atoms with E-state index < -0.39 is 0 Å². The van der Waals surface area contributed by atoms with Crippen molar-refractivity contribution in [3.8, 4) is 11.1 Å². The number of nitrogens with one attached hydrogen (secondary N) is 1. The Morgan fingerprint density at radius 1 is 1.12 bits per heavy atom. The van der Waals surface area contributed by atoms with Crippen molar-refractivity contribution in [2.45, 2.75) is 20.3 Å². The van der Waals surface area contributed by atoms with Crippen molar-refractivity contribution in [3.05, 3.63) is 66.2 Å². The summed E-state index contributed by atoms with van der Waals surface area (Å²) in [7, 11) is 0. The Balaban J connectivity index is 1.84. The maximum Gasteiger partial charge on any atom is 0.251 e. The zero-order valence-corrected chi connectivity index (χ0v) is 15.2. The van der Waals surface area contributed by atoms with Crippen molar-refractivity contribution < 1.29 is 9.59 Å². The molecule has 0 fully saturated rings. The number of hydrogen-bond donors (Lipinski definition) is 1. The first-order valence-corrected chi connectivity index (χ1v) is 9.02. The van der Waals surface area contributed by atoms with E-state index >= 15 is 0 Å². The number of carbonyl (C=O) groups is 2. The van der Waals surface area contributed by atoms with Crippen LogP contribution in [0.15, 0.2) is 60.7 Å². The molecule has 134 valence electrons. The molecule has 0 atom stereocenters. The van der Waals surface area contributed by atoms with Crippen molar-refractivity contribution >= 4 is 17.5 Å². The van der Waals surface area contributed by atoms with Gasteiger partial charge in [-0.1, -0.05) is 50.3 Å². The molecule has 0 unspecified atom stereocenters. The Hall–Kier alpha value is -2.88. The van der Waals surface area contributed by atoms with Crippen molar-refractivity contribution in [1.82, 2.24) is 5.32 Å². The maximum atomic E-state index is 12.5. The van der Waals surface area contributed by atoms with Crippen molar-refractivity contribution in [2.24, 2.45) is 5.92 Å². The van der Waals surface area contributed by atoms with Gasteiger partial charge in [-0.15, -0.1) is 0 Å². The van der Waals surface area contributed by atoms with Gasteiger partial charge in [0.1, 0.15) is 0 Å². The average Bonchev–Trinajstić information content (AvgIpc) is 2.67. The van der Waals surface area contributed by atoms with Gasteiger partial charge in [-0.25, -0.2) is 0 Å². The quantitative estimate of drug-likeness (QED) is 0.887. The lowest BCUT2D eigenvalue weighted by molar-refractivity contribution is -0.114. The van der Waals surface area contributed by atoms with E-state index in [1.54, 1.807) is 11.0 Å². The molecule has 0 saturated carbocycles. The van der Waals surface area contributed by atoms with Crippen LogP contribution in [0.1, 0.15) is 30.6 Å². The molecule has 1 heterocycles. The van der Waals surface area contributed by atoms with Gasteiger partial charge >= 0.3 is 0 Å². The molecule has 2 amide bonds. The van der Waals surface area contributed by atoms with Gasteiger partial charge in [-0.05, 0) is 47.7 Å². The fourth-order valence-electron chi connectivity index (χ4n) is 2.99. The van der Waals surface area contributed by atoms with Gasteiger partial charge in [0.25, 0.3) is 11.8 Å². The van der Waals surface area contributed by atoms with Crippen molar-refractivity contribution in [3.63, 3.8) is 0 Å². The normalized spacial score (nSPS) is 14.0. The van der Waals surface area contributed by atoms with Crippen LogP contribution in [0.25, 0.3) is 11.1 Å². The molecule has 0 spiro atoms. The molecule has 1 aliphatic heterocycles. The summed E-state index contributed by atoms with van der Waals surface area (Å²) in [5.41, 5.74) is 3.40. The molecular weight excluding hydrogens is 324 g/mol. The molecule has 0 saturated heterocycles. The highest BCUT2D eigenvalue weighted by Crippen LogP contribution is 2.27. The van der Waals surface area contributed by atoms with E-state index in [4.69, 9.17) is 0 Å². The highest BCUT2D eigenvalue weighted by atomic mass is 16.2. The predicted molar refractivity (Wildman–Crippen MR) is 105 cm³/mol. The Morgan fingerprint density at radius 3 is 2.54 bits per heavy atom. The Kier molecular flexibility index (Phi) is 5.52. The summed E-state index contributed by atoms with van der Waals surface area (Å²) in [6.07, 6.45) is 4.39. The largest absolute Gasteiger partial charge is 0.352 e. The zero-order chi connectivity index (χ0) is 18.5. The van der Waals surface area contributed by atoms with Crippen LogP contribution in [0.2, 0.25) is 0 Å². The fraction of sp³-hybridized carbons (Fsp3) is 0.273. The first-order valence-electron chi connectivity index (χ1n) is 9.02. The van der Waals surface area contributed by atoms with Crippen molar-refractivity contribution in [2.75, 3.05) is 18.0 Å². The third-order valence-corrected chi connectivity index (χ3v) is 4.38. The summed E-state index contributed by atoms with van der Waals surface area (Å²) in [6, 6.07) is 15.4. The molecule has 0 aliphatic carbocycles. The third-order valence-electron chi connectivity index (χ3n) is 4.38. The van der Waals surface area contributed by atoms with Gasteiger partial charge in [0.2, 0.25) is 0 Å². The van der Waals surface area contributed by atoms with Crippen LogP contribution in [0.4, 0.5) is 5.69 Å². The van der Waals surface area contributed by atoms with Crippen LogP contribution >= 0.6 is 0 Å². The molecule has 0 bridgehead atoms. The number of benzene rings is 2. The minimum atomic E-state index is -0.0604. The Bertz CT molecular complexity index is 822. The number of carbonyl (C=O) groups excluding carboxylic acids is 2. The molecule has 2 aromatic rings. The second-order valence-electron chi connectivity index (χ2n) is 6.88. The van der Waals surface area contributed by atoms with E-state index in [0.29, 0.717) is 24.6 Å². The van der Waals surface area contributed by atoms with Crippen LogP contribution in [0.5, 0.6) is 0 Å². The van der Waals surface area contributed by atoms with E-state index in [-0.39, 0.29) is 11.8 Å². The van der Waals surface area contributed by atoms with Gasteiger partial charge in [-0.3, -0.25) is 9.59 Å². The SMILES string of the molecule is CC(C)CNC(=O)c1ccccc1-c1ccc(N2CCC=CC2=O)cc1. The highest BCUT2D eigenvalue weighted by molar-refractivity contribution is 6.03. The standard InChI is InChI=1S/C22H24N2O2/c1-16(2)15-23-22(26)20-8-4-3-7-19(20)17-10-12-18(13-11-17)24-14-6-5-9-21(24)25/h3-5,7-13,16H,6,14-15H2,1-2H3,(H,23,26). The molecular formula is C22H24N2O2. The van der Waals surface area contributed by atoms with Gasteiger partial charge in [0.05, 0.1) is 0 Å². The van der Waals surface area contributed by atoms with Crippen LogP contribution < -0.4 is 10.2 Å². The van der Waals surface area contributed by atoms with Crippen LogP contribution in [0, 0.1) is 5.92 Å². The second kappa shape index (κ2) is 8.00. The van der Waals surface area contributed by atoms with Gasteiger partial charge in [-0.2, -0.15) is 0 Å².